The molecular weight excluding hydrogens is 306 g/mol. The molecule has 0 unspecified atom stereocenters. The molecule has 0 saturated carbocycles. The first-order valence-corrected chi connectivity index (χ1v) is 8.60. The minimum atomic E-state index is -0.631. The molecule has 1 aromatic rings. The van der Waals surface area contributed by atoms with Gasteiger partial charge in [0.1, 0.15) is 12.2 Å². The van der Waals surface area contributed by atoms with Gasteiger partial charge in [0, 0.05) is 29.9 Å². The first-order chi connectivity index (χ1) is 11.5. The van der Waals surface area contributed by atoms with E-state index in [0.29, 0.717) is 23.5 Å². The van der Waals surface area contributed by atoms with E-state index in [0.717, 1.165) is 19.4 Å². The van der Waals surface area contributed by atoms with Crippen molar-refractivity contribution in [2.45, 2.75) is 43.4 Å². The Kier molecular flexibility index (Phi) is 2.78. The Bertz CT molecular complexity index is 773. The highest BCUT2D eigenvalue weighted by Gasteiger charge is 2.64. The molecule has 1 spiro atoms. The largest absolute Gasteiger partial charge is 0.482 e. The zero-order chi connectivity index (χ0) is 16.6. The van der Waals surface area contributed by atoms with Gasteiger partial charge in [0.25, 0.3) is 0 Å². The van der Waals surface area contributed by atoms with Gasteiger partial charge in [0.05, 0.1) is 0 Å². The molecule has 0 aromatic heterocycles. The molecule has 4 aliphatic rings. The Labute approximate surface area is 140 Å². The van der Waals surface area contributed by atoms with Crippen LogP contribution >= 0.6 is 0 Å². The molecule has 2 aliphatic heterocycles. The summed E-state index contributed by atoms with van der Waals surface area (Å²) in [5.74, 6) is 1.12. The van der Waals surface area contributed by atoms with Crippen molar-refractivity contribution in [2.24, 2.45) is 5.92 Å². The van der Waals surface area contributed by atoms with Crippen LogP contribution in [0.3, 0.4) is 0 Å². The molecule has 0 radical (unpaired) electrons. The van der Waals surface area contributed by atoms with Gasteiger partial charge in [-0.2, -0.15) is 0 Å². The van der Waals surface area contributed by atoms with Gasteiger partial charge in [-0.15, -0.1) is 0 Å². The van der Waals surface area contributed by atoms with E-state index in [4.69, 9.17) is 9.47 Å². The third kappa shape index (κ3) is 1.59. The molecule has 2 aliphatic carbocycles. The lowest BCUT2D eigenvalue weighted by Gasteiger charge is -2.56. The number of carbonyl (C=O) groups excluding carboxylic acids is 1. The molecule has 126 valence electrons. The zero-order valence-electron chi connectivity index (χ0n) is 13.9. The van der Waals surface area contributed by atoms with Crippen LogP contribution in [0.4, 0.5) is 0 Å². The number of aliphatic hydroxyl groups excluding tert-OH is 1. The van der Waals surface area contributed by atoms with E-state index in [-0.39, 0.29) is 17.5 Å². The Morgan fingerprint density at radius 3 is 3.04 bits per heavy atom. The van der Waals surface area contributed by atoms with Gasteiger partial charge in [0.15, 0.2) is 11.5 Å². The van der Waals surface area contributed by atoms with Gasteiger partial charge in [-0.1, -0.05) is 18.2 Å². The number of nitrogens with zero attached hydrogens (tertiary/aromatic N) is 1. The van der Waals surface area contributed by atoms with Gasteiger partial charge in [-0.05, 0) is 38.1 Å². The summed E-state index contributed by atoms with van der Waals surface area (Å²) >= 11 is 0. The van der Waals surface area contributed by atoms with E-state index in [1.165, 1.54) is 18.1 Å². The quantitative estimate of drug-likeness (QED) is 0.480. The van der Waals surface area contributed by atoms with Crippen molar-refractivity contribution < 1.29 is 19.4 Å². The monoisotopic (exact) mass is 327 g/mol. The van der Waals surface area contributed by atoms with Crippen molar-refractivity contribution in [3.8, 4) is 11.5 Å². The zero-order valence-corrected chi connectivity index (χ0v) is 13.9. The maximum atomic E-state index is 11.5. The first-order valence-electron chi connectivity index (χ1n) is 8.60. The molecule has 5 nitrogen and oxygen atoms in total. The summed E-state index contributed by atoms with van der Waals surface area (Å²) in [6, 6.07) is 4.32. The first kappa shape index (κ1) is 14.5. The maximum absolute atomic E-state index is 11.5. The van der Waals surface area contributed by atoms with Crippen LogP contribution < -0.4 is 9.47 Å². The minimum absolute atomic E-state index is 0.204. The highest BCUT2D eigenvalue weighted by Crippen LogP contribution is 2.62. The average Bonchev–Trinajstić information content (AvgIpc) is 2.89. The number of aliphatic hydroxyl groups is 1. The van der Waals surface area contributed by atoms with E-state index >= 15 is 0 Å². The van der Waals surface area contributed by atoms with E-state index in [2.05, 4.69) is 24.1 Å². The van der Waals surface area contributed by atoms with Crippen molar-refractivity contribution in [1.29, 1.82) is 0 Å². The fraction of sp³-hybridized carbons (Fsp3) is 0.526. The number of ether oxygens (including phenoxy) is 2. The molecule has 5 atom stereocenters. The Hall–Kier alpha value is -1.85. The van der Waals surface area contributed by atoms with Crippen LogP contribution in [0.25, 0.3) is 0 Å². The third-order valence-corrected chi connectivity index (χ3v) is 6.39. The predicted octanol–water partition coefficient (Wildman–Crippen LogP) is 1.42. The number of likely N-dealkylation sites (N-methyl/N-ethyl adjacent to an activating group) is 1. The Balaban J connectivity index is 1.76. The second-order valence-corrected chi connectivity index (χ2v) is 7.50. The summed E-state index contributed by atoms with van der Waals surface area (Å²) in [6.45, 7) is 2.38. The topological polar surface area (TPSA) is 59.0 Å². The molecule has 5 heteroatoms. The summed E-state index contributed by atoms with van der Waals surface area (Å²) in [5, 5.41) is 10.6. The molecule has 1 aromatic carbocycles. The molecule has 24 heavy (non-hydrogen) atoms. The number of hydrogen-bond donors (Lipinski definition) is 1. The smallest absolute Gasteiger partial charge is 0.308 e. The summed E-state index contributed by atoms with van der Waals surface area (Å²) in [4.78, 5) is 13.9. The third-order valence-electron chi connectivity index (χ3n) is 6.39. The van der Waals surface area contributed by atoms with Crippen molar-refractivity contribution >= 4 is 5.97 Å². The van der Waals surface area contributed by atoms with Crippen LogP contribution in [0, 0.1) is 5.92 Å². The highest BCUT2D eigenvalue weighted by atomic mass is 16.6. The highest BCUT2D eigenvalue weighted by molar-refractivity contribution is 5.72. The van der Waals surface area contributed by atoms with Gasteiger partial charge < -0.3 is 19.5 Å². The van der Waals surface area contributed by atoms with Gasteiger partial charge in [-0.3, -0.25) is 4.79 Å². The Morgan fingerprint density at radius 1 is 1.42 bits per heavy atom. The lowest BCUT2D eigenvalue weighted by molar-refractivity contribution is -0.132. The molecule has 2 bridgehead atoms. The number of carbonyl (C=O) groups is 1. The van der Waals surface area contributed by atoms with E-state index in [1.807, 2.05) is 12.1 Å². The van der Waals surface area contributed by atoms with Crippen LogP contribution in [0.15, 0.2) is 24.3 Å². The molecule has 1 N–H and O–H groups in total. The van der Waals surface area contributed by atoms with Crippen LogP contribution in [-0.4, -0.2) is 47.8 Å². The second-order valence-electron chi connectivity index (χ2n) is 7.50. The van der Waals surface area contributed by atoms with Crippen LogP contribution in [0.5, 0.6) is 11.5 Å². The van der Waals surface area contributed by atoms with Crippen LogP contribution in [-0.2, 0) is 16.6 Å². The Morgan fingerprint density at radius 2 is 2.25 bits per heavy atom. The minimum Gasteiger partial charge on any atom is -0.482 e. The average molecular weight is 327 g/mol. The van der Waals surface area contributed by atoms with E-state index in [9.17, 15) is 9.90 Å². The molecule has 0 amide bonds. The van der Waals surface area contributed by atoms with Crippen molar-refractivity contribution in [3.63, 3.8) is 0 Å². The molecular formula is C19H21NO4. The lowest BCUT2D eigenvalue weighted by atomic mass is 9.53. The predicted molar refractivity (Wildman–Crippen MR) is 87.2 cm³/mol. The summed E-state index contributed by atoms with van der Waals surface area (Å²) < 4.78 is 11.7. The van der Waals surface area contributed by atoms with Crippen LogP contribution in [0.2, 0.25) is 0 Å². The molecule has 5 rings (SSSR count). The standard InChI is InChI=1S/C19H21NO4/c1-10(21)23-15-6-3-11-9-13-12-4-5-14(22)18-19(12,7-8-20(13)2)16(11)17(15)24-18/h3-6,12-14,18,22H,7-9H2,1-2H3/t12-,13+,14-,18-,19-/m0/s1. The van der Waals surface area contributed by atoms with Crippen LogP contribution in [0.1, 0.15) is 24.5 Å². The van der Waals surface area contributed by atoms with Gasteiger partial charge in [0.2, 0.25) is 0 Å². The second kappa shape index (κ2) is 4.61. The number of hydrogen-bond acceptors (Lipinski definition) is 5. The summed E-state index contributed by atoms with van der Waals surface area (Å²) in [6.07, 6.45) is 5.04. The number of rotatable bonds is 1. The fourth-order valence-corrected chi connectivity index (χ4v) is 5.46. The summed E-state index contributed by atoms with van der Waals surface area (Å²) in [5.41, 5.74) is 2.23. The molecule has 2 heterocycles. The molecule has 1 saturated heterocycles. The lowest BCUT2D eigenvalue weighted by Crippen LogP contribution is -2.64. The summed E-state index contributed by atoms with van der Waals surface area (Å²) in [7, 11) is 2.18. The number of benzene rings is 1. The number of likely N-dealkylation sites (tertiary alicyclic amines) is 1. The van der Waals surface area contributed by atoms with E-state index < -0.39 is 6.10 Å². The van der Waals surface area contributed by atoms with Gasteiger partial charge in [-0.25, -0.2) is 0 Å². The van der Waals surface area contributed by atoms with E-state index in [1.54, 1.807) is 0 Å². The SMILES string of the molecule is CC(=O)Oc1ccc2c3c1O[C@H]1[C@@H](O)C=C[C@H]4[C@@H](C2)N(C)CC[C@@]341. The number of esters is 1. The van der Waals surface area contributed by atoms with Gasteiger partial charge >= 0.3 is 5.97 Å². The number of piperidine rings is 1. The van der Waals surface area contributed by atoms with Crippen molar-refractivity contribution in [3.05, 3.63) is 35.4 Å². The molecule has 1 fully saturated rings. The normalized spacial score (nSPS) is 38.5. The fourth-order valence-electron chi connectivity index (χ4n) is 5.46. The van der Waals surface area contributed by atoms with Crippen molar-refractivity contribution in [2.75, 3.05) is 13.6 Å². The maximum Gasteiger partial charge on any atom is 0.308 e. The van der Waals surface area contributed by atoms with Crippen molar-refractivity contribution in [1.82, 2.24) is 4.90 Å².